The summed E-state index contributed by atoms with van der Waals surface area (Å²) in [5.74, 6) is 2.32. The Morgan fingerprint density at radius 2 is 2.00 bits per heavy atom. The number of fused-ring (bicyclic) bond motifs is 1. The van der Waals surface area contributed by atoms with E-state index in [-0.39, 0.29) is 0 Å². The summed E-state index contributed by atoms with van der Waals surface area (Å²) in [5, 5.41) is 3.66. The molecule has 144 valence electrons. The highest BCUT2D eigenvalue weighted by atomic mass is 16.5. The molecule has 3 aliphatic rings. The maximum atomic E-state index is 6.06. The van der Waals surface area contributed by atoms with E-state index in [1.165, 1.54) is 0 Å². The number of anilines is 2. The van der Waals surface area contributed by atoms with Gasteiger partial charge in [-0.15, -0.1) is 0 Å². The van der Waals surface area contributed by atoms with Gasteiger partial charge in [0.1, 0.15) is 5.82 Å². The zero-order valence-electron chi connectivity index (χ0n) is 16.1. The zero-order valence-corrected chi connectivity index (χ0v) is 16.1. The van der Waals surface area contributed by atoms with E-state index in [1.54, 1.807) is 0 Å². The van der Waals surface area contributed by atoms with Crippen LogP contribution in [-0.4, -0.2) is 79.1 Å². The number of morpholine rings is 2. The molecule has 0 bridgehead atoms. The molecule has 3 aliphatic heterocycles. The molecule has 26 heavy (non-hydrogen) atoms. The third-order valence-electron chi connectivity index (χ3n) is 5.68. The van der Waals surface area contributed by atoms with E-state index < -0.39 is 0 Å². The van der Waals surface area contributed by atoms with Crippen molar-refractivity contribution in [3.63, 3.8) is 0 Å². The highest BCUT2D eigenvalue weighted by molar-refractivity contribution is 5.44. The van der Waals surface area contributed by atoms with Gasteiger partial charge in [-0.2, -0.15) is 4.98 Å². The monoisotopic (exact) mass is 361 g/mol. The van der Waals surface area contributed by atoms with E-state index >= 15 is 0 Å². The fourth-order valence-electron chi connectivity index (χ4n) is 4.15. The van der Waals surface area contributed by atoms with Crippen LogP contribution in [0.1, 0.15) is 26.0 Å². The van der Waals surface area contributed by atoms with E-state index in [1.807, 2.05) is 6.92 Å². The first-order valence-corrected chi connectivity index (χ1v) is 9.89. The summed E-state index contributed by atoms with van der Waals surface area (Å²) in [5.41, 5.74) is 1.00. The third-order valence-corrected chi connectivity index (χ3v) is 5.68. The summed E-state index contributed by atoms with van der Waals surface area (Å²) in [7, 11) is 0. The van der Waals surface area contributed by atoms with Crippen molar-refractivity contribution in [2.75, 3.05) is 56.2 Å². The Morgan fingerprint density at radius 3 is 2.77 bits per heavy atom. The van der Waals surface area contributed by atoms with Crippen LogP contribution in [0.4, 0.5) is 11.8 Å². The molecule has 1 aromatic rings. The van der Waals surface area contributed by atoms with Crippen LogP contribution < -0.4 is 10.2 Å². The Labute approximate surface area is 156 Å². The molecule has 1 aromatic heterocycles. The number of nitrogens with one attached hydrogen (secondary N) is 1. The second-order valence-electron chi connectivity index (χ2n) is 8.09. The standard InChI is InChI=1S/C19H31N5O2/c1-13(2)17-11-24-10-15(9-16(24)12-26-17)21-18-8-14(3)20-19(22-18)23-4-6-25-7-5-23/h8,13,15-17H,4-7,9-12H2,1-3H3,(H,20,21,22)/t15-,16-,17+/m0/s1. The molecular formula is C19H31N5O2. The number of rotatable bonds is 4. The van der Waals surface area contributed by atoms with Gasteiger partial charge >= 0.3 is 0 Å². The largest absolute Gasteiger partial charge is 0.378 e. The Morgan fingerprint density at radius 1 is 1.19 bits per heavy atom. The van der Waals surface area contributed by atoms with Gasteiger partial charge in [-0.25, -0.2) is 4.98 Å². The van der Waals surface area contributed by atoms with Crippen LogP contribution in [-0.2, 0) is 9.47 Å². The van der Waals surface area contributed by atoms with Gasteiger partial charge in [0.2, 0.25) is 5.95 Å². The predicted octanol–water partition coefficient (Wildman–Crippen LogP) is 1.53. The van der Waals surface area contributed by atoms with E-state index in [4.69, 9.17) is 14.5 Å². The lowest BCUT2D eigenvalue weighted by Crippen LogP contribution is -2.48. The van der Waals surface area contributed by atoms with E-state index in [2.05, 4.69) is 40.0 Å². The molecule has 3 saturated heterocycles. The number of hydrogen-bond acceptors (Lipinski definition) is 7. The van der Waals surface area contributed by atoms with Crippen molar-refractivity contribution in [1.82, 2.24) is 14.9 Å². The molecule has 7 nitrogen and oxygen atoms in total. The SMILES string of the molecule is Cc1cc(N[C@H]2C[C@H]3CO[C@@H](C(C)C)CN3C2)nc(N2CCOCC2)n1. The van der Waals surface area contributed by atoms with Crippen molar-refractivity contribution in [1.29, 1.82) is 0 Å². The molecule has 4 rings (SSSR count). The van der Waals surface area contributed by atoms with Crippen molar-refractivity contribution >= 4 is 11.8 Å². The van der Waals surface area contributed by atoms with Crippen LogP contribution in [0.2, 0.25) is 0 Å². The van der Waals surface area contributed by atoms with Gasteiger partial charge in [-0.05, 0) is 19.3 Å². The number of hydrogen-bond donors (Lipinski definition) is 1. The quantitative estimate of drug-likeness (QED) is 0.872. The molecule has 7 heteroatoms. The average molecular weight is 361 g/mol. The lowest BCUT2D eigenvalue weighted by molar-refractivity contribution is -0.0683. The highest BCUT2D eigenvalue weighted by Gasteiger charge is 2.38. The van der Waals surface area contributed by atoms with Gasteiger partial charge in [0, 0.05) is 50.0 Å². The van der Waals surface area contributed by atoms with Crippen LogP contribution in [0.3, 0.4) is 0 Å². The Balaban J connectivity index is 1.41. The van der Waals surface area contributed by atoms with Gasteiger partial charge in [-0.3, -0.25) is 4.90 Å². The van der Waals surface area contributed by atoms with Crippen LogP contribution in [0.15, 0.2) is 6.07 Å². The minimum atomic E-state index is 0.360. The van der Waals surface area contributed by atoms with E-state index in [9.17, 15) is 0 Å². The summed E-state index contributed by atoms with van der Waals surface area (Å²) in [4.78, 5) is 14.2. The van der Waals surface area contributed by atoms with Gasteiger partial charge in [0.05, 0.1) is 25.9 Å². The summed E-state index contributed by atoms with van der Waals surface area (Å²) in [6, 6.07) is 3.00. The Bertz CT molecular complexity index is 620. The maximum Gasteiger partial charge on any atom is 0.227 e. The molecule has 0 unspecified atom stereocenters. The summed E-state index contributed by atoms with van der Waals surface area (Å²) < 4.78 is 11.5. The number of ether oxygens (including phenoxy) is 2. The predicted molar refractivity (Wildman–Crippen MR) is 102 cm³/mol. The van der Waals surface area contributed by atoms with Crippen LogP contribution in [0, 0.1) is 12.8 Å². The highest BCUT2D eigenvalue weighted by Crippen LogP contribution is 2.27. The fraction of sp³-hybridized carbons (Fsp3) is 0.789. The second kappa shape index (κ2) is 7.66. The maximum absolute atomic E-state index is 6.06. The van der Waals surface area contributed by atoms with E-state index in [0.29, 0.717) is 24.1 Å². The molecule has 3 fully saturated rings. The van der Waals surface area contributed by atoms with Crippen LogP contribution in [0.5, 0.6) is 0 Å². The molecule has 1 N–H and O–H groups in total. The zero-order chi connectivity index (χ0) is 18.1. The van der Waals surface area contributed by atoms with Gasteiger partial charge in [0.25, 0.3) is 0 Å². The van der Waals surface area contributed by atoms with Crippen molar-refractivity contribution in [3.05, 3.63) is 11.8 Å². The molecule has 0 aromatic carbocycles. The summed E-state index contributed by atoms with van der Waals surface area (Å²) in [6.45, 7) is 12.7. The molecule has 3 atom stereocenters. The van der Waals surface area contributed by atoms with Crippen molar-refractivity contribution in [3.8, 4) is 0 Å². The third kappa shape index (κ3) is 3.94. The molecule has 0 radical (unpaired) electrons. The summed E-state index contributed by atoms with van der Waals surface area (Å²) >= 11 is 0. The fourth-order valence-corrected chi connectivity index (χ4v) is 4.15. The van der Waals surface area contributed by atoms with Crippen LogP contribution >= 0.6 is 0 Å². The molecular weight excluding hydrogens is 330 g/mol. The number of aromatic nitrogens is 2. The molecule has 0 saturated carbocycles. The smallest absolute Gasteiger partial charge is 0.227 e. The lowest BCUT2D eigenvalue weighted by Gasteiger charge is -2.36. The summed E-state index contributed by atoms with van der Waals surface area (Å²) in [6.07, 6.45) is 1.47. The van der Waals surface area contributed by atoms with E-state index in [0.717, 1.165) is 69.9 Å². The molecule has 0 spiro atoms. The Kier molecular flexibility index (Phi) is 5.29. The number of aryl methyl sites for hydroxylation is 1. The first kappa shape index (κ1) is 17.9. The lowest BCUT2D eigenvalue weighted by atomic mass is 10.0. The first-order valence-electron chi connectivity index (χ1n) is 9.89. The van der Waals surface area contributed by atoms with Crippen LogP contribution in [0.25, 0.3) is 0 Å². The van der Waals surface area contributed by atoms with Gasteiger partial charge in [0.15, 0.2) is 0 Å². The minimum absolute atomic E-state index is 0.360. The number of nitrogens with zero attached hydrogens (tertiary/aromatic N) is 4. The van der Waals surface area contributed by atoms with Gasteiger partial charge < -0.3 is 19.7 Å². The molecule has 4 heterocycles. The Hall–Kier alpha value is -1.44. The average Bonchev–Trinajstić information content (AvgIpc) is 3.03. The van der Waals surface area contributed by atoms with Crippen molar-refractivity contribution in [2.24, 2.45) is 5.92 Å². The molecule has 0 amide bonds. The van der Waals surface area contributed by atoms with Crippen molar-refractivity contribution in [2.45, 2.75) is 45.4 Å². The second-order valence-corrected chi connectivity index (χ2v) is 8.09. The minimum Gasteiger partial charge on any atom is -0.378 e. The normalized spacial score (nSPS) is 29.8. The van der Waals surface area contributed by atoms with Crippen molar-refractivity contribution < 1.29 is 9.47 Å². The molecule has 0 aliphatic carbocycles. The van der Waals surface area contributed by atoms with Gasteiger partial charge in [-0.1, -0.05) is 13.8 Å². The first-order chi connectivity index (χ1) is 12.6. The topological polar surface area (TPSA) is 62.8 Å².